The molecule has 5 nitrogen and oxygen atoms in total. The molecular formula is C16H11BrF3N3O2S. The van der Waals surface area contributed by atoms with Crippen molar-refractivity contribution < 1.29 is 18.3 Å². The maximum atomic E-state index is 12.5. The van der Waals surface area contributed by atoms with Crippen LogP contribution in [0.5, 0.6) is 5.88 Å². The van der Waals surface area contributed by atoms with Gasteiger partial charge in [-0.1, -0.05) is 0 Å². The van der Waals surface area contributed by atoms with E-state index >= 15 is 0 Å². The fourth-order valence-electron chi connectivity index (χ4n) is 2.37. The fraction of sp³-hybridized carbons (Fsp3) is 0.125. The molecule has 1 N–H and O–H groups in total. The van der Waals surface area contributed by atoms with Crippen molar-refractivity contribution in [1.82, 2.24) is 14.1 Å². The van der Waals surface area contributed by atoms with Gasteiger partial charge in [0.05, 0.1) is 18.4 Å². The van der Waals surface area contributed by atoms with Gasteiger partial charge in [0.1, 0.15) is 4.60 Å². The maximum absolute atomic E-state index is 12.5. The number of thioether (sulfide) groups is 1. The topological polar surface area (TPSA) is 60.1 Å². The summed E-state index contributed by atoms with van der Waals surface area (Å²) < 4.78 is 40.1. The van der Waals surface area contributed by atoms with Crippen LogP contribution in [0.15, 0.2) is 63.1 Å². The number of imidazole rings is 1. The number of alkyl halides is 3. The zero-order valence-electron chi connectivity index (χ0n) is 12.9. The largest absolute Gasteiger partial charge is 0.493 e. The van der Waals surface area contributed by atoms with Crippen molar-refractivity contribution in [3.05, 3.63) is 69.4 Å². The summed E-state index contributed by atoms with van der Waals surface area (Å²) in [5.41, 5.74) is -3.83. The van der Waals surface area contributed by atoms with Crippen molar-refractivity contribution in [2.75, 3.05) is 0 Å². The number of aromatic nitrogens is 3. The number of hydrogen-bond donors (Lipinski definition) is 1. The zero-order chi connectivity index (χ0) is 18.9. The molecule has 0 spiro atoms. The van der Waals surface area contributed by atoms with E-state index < -0.39 is 11.2 Å². The van der Waals surface area contributed by atoms with Crippen LogP contribution >= 0.6 is 27.7 Å². The number of halogens is 4. The number of rotatable bonds is 4. The number of pyridine rings is 1. The SMILES string of the molecule is O=c1n(Cc2ccnc(Br)c2)cc(O)n1-c1ccc(SC(F)(F)F)cc1. The Morgan fingerprint density at radius 1 is 1.19 bits per heavy atom. The Bertz CT molecular complexity index is 984. The monoisotopic (exact) mass is 445 g/mol. The Hall–Kier alpha value is -2.20. The van der Waals surface area contributed by atoms with Crippen molar-refractivity contribution in [3.8, 4) is 11.6 Å². The van der Waals surface area contributed by atoms with Crippen LogP contribution in [-0.4, -0.2) is 24.7 Å². The second kappa shape index (κ2) is 7.20. The summed E-state index contributed by atoms with van der Waals surface area (Å²) in [4.78, 5) is 16.5. The quantitative estimate of drug-likeness (QED) is 0.483. The molecule has 0 saturated carbocycles. The molecule has 26 heavy (non-hydrogen) atoms. The van der Waals surface area contributed by atoms with Gasteiger partial charge < -0.3 is 5.11 Å². The second-order valence-corrected chi connectivity index (χ2v) is 7.21. The lowest BCUT2D eigenvalue weighted by atomic mass is 10.3. The van der Waals surface area contributed by atoms with Crippen LogP contribution in [0.4, 0.5) is 13.2 Å². The van der Waals surface area contributed by atoms with E-state index in [9.17, 15) is 23.1 Å². The van der Waals surface area contributed by atoms with Crippen LogP contribution in [0.25, 0.3) is 5.69 Å². The predicted octanol–water partition coefficient (Wildman–Crippen LogP) is 4.16. The molecule has 3 rings (SSSR count). The highest BCUT2D eigenvalue weighted by molar-refractivity contribution is 9.10. The number of hydrogen-bond acceptors (Lipinski definition) is 4. The van der Waals surface area contributed by atoms with Gasteiger partial charge in [0, 0.05) is 11.1 Å². The summed E-state index contributed by atoms with van der Waals surface area (Å²) in [6.07, 6.45) is 2.85. The highest BCUT2D eigenvalue weighted by Crippen LogP contribution is 2.37. The standard InChI is InChI=1S/C16H11BrF3N3O2S/c17-13-7-10(5-6-21-13)8-22-9-14(24)23(15(22)25)11-1-3-12(4-2-11)26-16(18,19)20/h1-7,9,24H,8H2. The molecule has 3 aromatic rings. The van der Waals surface area contributed by atoms with E-state index in [0.717, 1.165) is 10.1 Å². The minimum absolute atomic E-state index is 0.00476. The molecule has 0 aliphatic rings. The van der Waals surface area contributed by atoms with Crippen LogP contribution in [0, 0.1) is 0 Å². The zero-order valence-corrected chi connectivity index (χ0v) is 15.3. The summed E-state index contributed by atoms with van der Waals surface area (Å²) in [7, 11) is 0. The lowest BCUT2D eigenvalue weighted by molar-refractivity contribution is -0.0328. The molecule has 136 valence electrons. The van der Waals surface area contributed by atoms with Crippen molar-refractivity contribution >= 4 is 27.7 Å². The smallest absolute Gasteiger partial charge is 0.446 e. The van der Waals surface area contributed by atoms with Gasteiger partial charge in [-0.25, -0.2) is 14.3 Å². The van der Waals surface area contributed by atoms with E-state index in [4.69, 9.17) is 0 Å². The highest BCUT2D eigenvalue weighted by Gasteiger charge is 2.29. The first-order valence-electron chi connectivity index (χ1n) is 7.21. The molecule has 0 bridgehead atoms. The lowest BCUT2D eigenvalue weighted by Gasteiger charge is -2.07. The van der Waals surface area contributed by atoms with Crippen LogP contribution in [-0.2, 0) is 6.54 Å². The van der Waals surface area contributed by atoms with E-state index in [1.54, 1.807) is 18.3 Å². The van der Waals surface area contributed by atoms with Gasteiger partial charge >= 0.3 is 11.2 Å². The van der Waals surface area contributed by atoms with Crippen molar-refractivity contribution in [3.63, 3.8) is 0 Å². The summed E-state index contributed by atoms with van der Waals surface area (Å²) in [5, 5.41) is 10.1. The Morgan fingerprint density at radius 3 is 2.50 bits per heavy atom. The van der Waals surface area contributed by atoms with Gasteiger partial charge in [-0.15, -0.1) is 0 Å². The predicted molar refractivity (Wildman–Crippen MR) is 94.6 cm³/mol. The number of benzene rings is 1. The first-order valence-corrected chi connectivity index (χ1v) is 8.82. The molecule has 0 aliphatic carbocycles. The van der Waals surface area contributed by atoms with Gasteiger partial charge in [-0.3, -0.25) is 4.57 Å². The molecule has 2 aromatic heterocycles. The molecule has 0 amide bonds. The number of aromatic hydroxyl groups is 1. The average molecular weight is 446 g/mol. The molecule has 2 heterocycles. The normalized spacial score (nSPS) is 11.7. The summed E-state index contributed by atoms with van der Waals surface area (Å²) in [6, 6.07) is 8.66. The third-order valence-corrected chi connectivity index (χ3v) is 4.58. The van der Waals surface area contributed by atoms with Gasteiger partial charge in [-0.05, 0) is 69.7 Å². The van der Waals surface area contributed by atoms with E-state index in [1.165, 1.54) is 35.0 Å². The molecule has 0 fully saturated rings. The highest BCUT2D eigenvalue weighted by atomic mass is 79.9. The summed E-state index contributed by atoms with van der Waals surface area (Å²) in [6.45, 7) is 0.211. The molecule has 0 radical (unpaired) electrons. The summed E-state index contributed by atoms with van der Waals surface area (Å²) in [5.74, 6) is -0.306. The lowest BCUT2D eigenvalue weighted by Crippen LogP contribution is -2.23. The van der Waals surface area contributed by atoms with Crippen LogP contribution < -0.4 is 5.69 Å². The molecule has 0 aliphatic heterocycles. The van der Waals surface area contributed by atoms with Gasteiger partial charge in [0.25, 0.3) is 0 Å². The second-order valence-electron chi connectivity index (χ2n) is 5.26. The van der Waals surface area contributed by atoms with Crippen LogP contribution in [0.1, 0.15) is 5.56 Å². The van der Waals surface area contributed by atoms with Gasteiger partial charge in [0.15, 0.2) is 0 Å². The van der Waals surface area contributed by atoms with Crippen molar-refractivity contribution in [1.29, 1.82) is 0 Å². The third-order valence-electron chi connectivity index (χ3n) is 3.41. The first-order chi connectivity index (χ1) is 12.2. The molecule has 0 saturated heterocycles. The summed E-state index contributed by atoms with van der Waals surface area (Å²) >= 11 is 3.00. The Kier molecular flexibility index (Phi) is 5.15. The van der Waals surface area contributed by atoms with Crippen molar-refractivity contribution in [2.45, 2.75) is 16.9 Å². The molecule has 1 aromatic carbocycles. The van der Waals surface area contributed by atoms with Gasteiger partial charge in [0.2, 0.25) is 5.88 Å². The molecular weight excluding hydrogens is 435 g/mol. The number of nitrogens with zero attached hydrogens (tertiary/aromatic N) is 3. The van der Waals surface area contributed by atoms with E-state index in [0.29, 0.717) is 4.60 Å². The Morgan fingerprint density at radius 2 is 1.88 bits per heavy atom. The minimum atomic E-state index is -4.39. The average Bonchev–Trinajstić information content (AvgIpc) is 2.81. The van der Waals surface area contributed by atoms with E-state index in [2.05, 4.69) is 20.9 Å². The molecule has 0 atom stereocenters. The van der Waals surface area contributed by atoms with Crippen molar-refractivity contribution in [2.24, 2.45) is 0 Å². The first kappa shape index (κ1) is 18.6. The van der Waals surface area contributed by atoms with Crippen LogP contribution in [0.2, 0.25) is 0 Å². The minimum Gasteiger partial charge on any atom is -0.493 e. The fourth-order valence-corrected chi connectivity index (χ4v) is 3.32. The van der Waals surface area contributed by atoms with Crippen LogP contribution in [0.3, 0.4) is 0 Å². The Labute approximate surface area is 158 Å². The molecule has 0 unspecified atom stereocenters. The maximum Gasteiger partial charge on any atom is 0.446 e. The van der Waals surface area contributed by atoms with E-state index in [-0.39, 0.29) is 34.8 Å². The molecule has 10 heteroatoms. The Balaban J connectivity index is 1.89. The van der Waals surface area contributed by atoms with E-state index in [1.807, 2.05) is 0 Å². The van der Waals surface area contributed by atoms with Gasteiger partial charge in [-0.2, -0.15) is 13.2 Å². The third kappa shape index (κ3) is 4.31.